The summed E-state index contributed by atoms with van der Waals surface area (Å²) in [6.45, 7) is 9.08. The van der Waals surface area contributed by atoms with Crippen molar-refractivity contribution in [3.8, 4) is 0 Å². The van der Waals surface area contributed by atoms with E-state index in [0.717, 1.165) is 6.42 Å². The fraction of sp³-hybridized carbons (Fsp3) is 0.800. The zero-order valence-electron chi connectivity index (χ0n) is 13.8. The van der Waals surface area contributed by atoms with E-state index < -0.39 is 10.4 Å². The molecule has 1 N–H and O–H groups in total. The van der Waals surface area contributed by atoms with E-state index >= 15 is 0 Å². The van der Waals surface area contributed by atoms with Crippen molar-refractivity contribution in [2.24, 2.45) is 0 Å². The van der Waals surface area contributed by atoms with Crippen LogP contribution < -0.4 is 29.6 Å². The van der Waals surface area contributed by atoms with Gasteiger partial charge in [-0.15, -0.1) is 6.58 Å². The van der Waals surface area contributed by atoms with Gasteiger partial charge in [-0.3, -0.25) is 4.55 Å². The largest absolute Gasteiger partial charge is 1.00 e. The summed E-state index contributed by atoms with van der Waals surface area (Å²) in [6.07, 6.45) is 15.1. The third-order valence-corrected chi connectivity index (χ3v) is 3.12. The Hall–Kier alpha value is 0.610. The molecule has 0 aromatic heterocycles. The quantitative estimate of drug-likeness (QED) is 0.195. The second-order valence-electron chi connectivity index (χ2n) is 4.68. The molecule has 0 saturated carbocycles. The molecule has 0 spiro atoms. The second kappa shape index (κ2) is 20.6. The van der Waals surface area contributed by atoms with Gasteiger partial charge in [0.1, 0.15) is 0 Å². The van der Waals surface area contributed by atoms with Gasteiger partial charge in [-0.1, -0.05) is 70.8 Å². The third-order valence-electron chi connectivity index (χ3n) is 2.69. The molecule has 0 bridgehead atoms. The summed E-state index contributed by atoms with van der Waals surface area (Å²) in [5.41, 5.74) is 0. The van der Waals surface area contributed by atoms with Gasteiger partial charge >= 0.3 is 40.0 Å². The van der Waals surface area contributed by atoms with Crippen molar-refractivity contribution >= 4 is 10.4 Å². The summed E-state index contributed by atoms with van der Waals surface area (Å²) < 4.78 is 31.0. The molecule has 0 saturated heterocycles. The predicted molar refractivity (Wildman–Crippen MR) is 84.9 cm³/mol. The molecule has 21 heavy (non-hydrogen) atoms. The van der Waals surface area contributed by atoms with Gasteiger partial charge in [-0.05, 0) is 0 Å². The molecule has 6 heteroatoms. The number of hydrogen-bond acceptors (Lipinski definition) is 3. The Kier molecular flexibility index (Phi) is 26.0. The number of unbranched alkanes of at least 4 members (excludes halogenated alkanes) is 9. The van der Waals surface area contributed by atoms with Crippen LogP contribution in [0.3, 0.4) is 0 Å². The van der Waals surface area contributed by atoms with Crippen molar-refractivity contribution in [1.82, 2.24) is 0 Å². The summed E-state index contributed by atoms with van der Waals surface area (Å²) in [5.74, 6) is 0. The van der Waals surface area contributed by atoms with E-state index in [0.29, 0.717) is 0 Å². The van der Waals surface area contributed by atoms with E-state index in [9.17, 15) is 8.42 Å². The number of hydrogen-bond donors (Lipinski definition) is 1. The molecule has 0 fully saturated rings. The van der Waals surface area contributed by atoms with Gasteiger partial charge in [-0.25, -0.2) is 4.18 Å². The molecule has 4 nitrogen and oxygen atoms in total. The Morgan fingerprint density at radius 3 is 1.76 bits per heavy atom. The molecule has 0 aliphatic heterocycles. The smallest absolute Gasteiger partial charge is 0.343 e. The molecule has 0 aromatic rings. The third kappa shape index (κ3) is 33.4. The molecule has 0 amide bonds. The minimum absolute atomic E-state index is 0. The molecule has 0 aromatic carbocycles. The summed E-state index contributed by atoms with van der Waals surface area (Å²) in [4.78, 5) is 0. The van der Waals surface area contributed by atoms with Crippen LogP contribution in [0, 0.1) is 6.92 Å². The summed E-state index contributed by atoms with van der Waals surface area (Å²) in [5, 5.41) is 0. The molecule has 0 atom stereocenters. The summed E-state index contributed by atoms with van der Waals surface area (Å²) in [6, 6.07) is 0. The van der Waals surface area contributed by atoms with Gasteiger partial charge < -0.3 is 6.92 Å². The zero-order chi connectivity index (χ0) is 15.7. The normalized spacial score (nSPS) is 10.2. The average molecular weight is 330 g/mol. The maximum Gasteiger partial charge on any atom is 1.00 e. The van der Waals surface area contributed by atoms with E-state index in [2.05, 4.69) is 24.6 Å². The molecule has 122 valence electrons. The Balaban J connectivity index is -0.000000317. The van der Waals surface area contributed by atoms with E-state index in [-0.39, 0.29) is 36.2 Å². The van der Waals surface area contributed by atoms with Crippen molar-refractivity contribution in [1.29, 1.82) is 0 Å². The summed E-state index contributed by atoms with van der Waals surface area (Å²) in [7, 11) is -4.26. The first-order chi connectivity index (χ1) is 9.47. The van der Waals surface area contributed by atoms with Crippen molar-refractivity contribution in [3.63, 3.8) is 0 Å². The molecule has 0 aliphatic rings. The van der Waals surface area contributed by atoms with E-state index in [1.807, 2.05) is 0 Å². The van der Waals surface area contributed by atoms with Crippen LogP contribution in [-0.2, 0) is 14.6 Å². The molecule has 0 heterocycles. The topological polar surface area (TPSA) is 63.6 Å². The van der Waals surface area contributed by atoms with Crippen LogP contribution in [0.15, 0.2) is 12.7 Å². The van der Waals surface area contributed by atoms with Gasteiger partial charge in [0.05, 0.1) is 6.61 Å². The van der Waals surface area contributed by atoms with Gasteiger partial charge in [-0.2, -0.15) is 14.8 Å². The Labute approximate surface area is 154 Å². The summed E-state index contributed by atoms with van der Waals surface area (Å²) >= 11 is 0. The first kappa shape index (κ1) is 26.5. The first-order valence-electron chi connectivity index (χ1n) is 7.49. The second-order valence-corrected chi connectivity index (χ2v) is 5.77. The van der Waals surface area contributed by atoms with Crippen LogP contribution >= 0.6 is 0 Å². The minimum atomic E-state index is -4.26. The van der Waals surface area contributed by atoms with Gasteiger partial charge in [0.15, 0.2) is 0 Å². The Morgan fingerprint density at radius 1 is 1.05 bits per heavy atom. The molecular weight excluding hydrogens is 299 g/mol. The van der Waals surface area contributed by atoms with Crippen LogP contribution in [0.1, 0.15) is 71.1 Å². The molecule has 0 unspecified atom stereocenters. The fourth-order valence-electron chi connectivity index (χ4n) is 1.62. The number of rotatable bonds is 12. The van der Waals surface area contributed by atoms with Crippen LogP contribution in [-0.4, -0.2) is 19.6 Å². The Morgan fingerprint density at radius 2 is 1.48 bits per heavy atom. The van der Waals surface area contributed by atoms with E-state index in [1.54, 1.807) is 0 Å². The maximum absolute atomic E-state index is 9.68. The first-order valence-corrected chi connectivity index (χ1v) is 8.86. The molecule has 0 radical (unpaired) electrons. The molecule has 0 aliphatic carbocycles. The van der Waals surface area contributed by atoms with Crippen LogP contribution in [0.25, 0.3) is 0 Å². The monoisotopic (exact) mass is 330 g/mol. The predicted octanol–water partition coefficient (Wildman–Crippen LogP) is 1.74. The maximum atomic E-state index is 9.68. The van der Waals surface area contributed by atoms with Crippen molar-refractivity contribution in [2.45, 2.75) is 71.1 Å². The van der Waals surface area contributed by atoms with Crippen molar-refractivity contribution in [3.05, 3.63) is 19.6 Å². The SMILES string of the molecule is C=CCOS(=O)(=O)O.[CH2-]CCCCCCCCCCC.[Na+]. The van der Waals surface area contributed by atoms with Gasteiger partial charge in [0.25, 0.3) is 0 Å². The zero-order valence-corrected chi connectivity index (χ0v) is 16.7. The van der Waals surface area contributed by atoms with Crippen molar-refractivity contribution in [2.75, 3.05) is 6.61 Å². The van der Waals surface area contributed by atoms with E-state index in [1.165, 1.54) is 63.9 Å². The molecule has 0 rings (SSSR count). The minimum Gasteiger partial charge on any atom is -0.343 e. The Bertz CT molecular complexity index is 282. The molecular formula is C15H31NaO4S. The van der Waals surface area contributed by atoms with Gasteiger partial charge in [0.2, 0.25) is 0 Å². The van der Waals surface area contributed by atoms with E-state index in [4.69, 9.17) is 4.55 Å². The van der Waals surface area contributed by atoms with Crippen molar-refractivity contribution < 1.29 is 46.7 Å². The van der Waals surface area contributed by atoms with Crippen LogP contribution in [0.4, 0.5) is 0 Å². The average Bonchev–Trinajstić information content (AvgIpc) is 2.39. The fourth-order valence-corrected chi connectivity index (χ4v) is 1.89. The van der Waals surface area contributed by atoms with Gasteiger partial charge in [0, 0.05) is 0 Å². The standard InChI is InChI=1S/C12H25.C3H6O4S.Na/c1-3-5-7-9-11-12-10-8-6-4-2;1-2-3-7-8(4,5)6;/h1,3-12H2,2H3;2H,1,3H2,(H,4,5,6);/q-1;;+1. The van der Waals surface area contributed by atoms with Crippen LogP contribution in [0.5, 0.6) is 0 Å². The van der Waals surface area contributed by atoms with Crippen LogP contribution in [0.2, 0.25) is 0 Å².